The van der Waals surface area contributed by atoms with Crippen LogP contribution >= 0.6 is 11.6 Å². The molecule has 2 aliphatic heterocycles. The number of ether oxygens (including phenoxy) is 1. The molecule has 28 heavy (non-hydrogen) atoms. The first-order valence-corrected chi connectivity index (χ1v) is 9.67. The molecule has 6 nitrogen and oxygen atoms in total. The Labute approximate surface area is 168 Å². The van der Waals surface area contributed by atoms with Crippen LogP contribution in [0.25, 0.3) is 0 Å². The molecule has 0 aliphatic carbocycles. The van der Waals surface area contributed by atoms with Gasteiger partial charge in [-0.3, -0.25) is 4.90 Å². The number of hydrogen-bond acceptors (Lipinski definition) is 5. The number of para-hydroxylation sites is 1. The first-order valence-electron chi connectivity index (χ1n) is 9.29. The second kappa shape index (κ2) is 7.85. The molecule has 1 amide bonds. The Morgan fingerprint density at radius 2 is 1.75 bits per heavy atom. The van der Waals surface area contributed by atoms with Crippen LogP contribution in [-0.4, -0.2) is 51.5 Å². The Bertz CT molecular complexity index is 873. The lowest BCUT2D eigenvalue weighted by Crippen LogP contribution is -2.47. The van der Waals surface area contributed by atoms with E-state index in [2.05, 4.69) is 4.90 Å². The maximum atomic E-state index is 14.8. The molecule has 2 aromatic rings. The number of cyclic esters (lactones) is 1. The summed E-state index contributed by atoms with van der Waals surface area (Å²) in [7, 11) is 0. The van der Waals surface area contributed by atoms with E-state index in [9.17, 15) is 9.18 Å². The highest BCUT2D eigenvalue weighted by molar-refractivity contribution is 6.33. The number of rotatable bonds is 4. The van der Waals surface area contributed by atoms with E-state index in [1.165, 1.54) is 11.0 Å². The van der Waals surface area contributed by atoms with Crippen molar-refractivity contribution >= 4 is 34.8 Å². The molecule has 0 bridgehead atoms. The van der Waals surface area contributed by atoms with Crippen LogP contribution < -0.4 is 20.4 Å². The summed E-state index contributed by atoms with van der Waals surface area (Å²) in [5.74, 6) is -0.354. The third-order valence-corrected chi connectivity index (χ3v) is 5.51. The third kappa shape index (κ3) is 3.59. The van der Waals surface area contributed by atoms with Crippen molar-refractivity contribution in [1.29, 1.82) is 0 Å². The topological polar surface area (TPSA) is 62.0 Å². The van der Waals surface area contributed by atoms with Crippen LogP contribution in [0.5, 0.6) is 0 Å². The van der Waals surface area contributed by atoms with Gasteiger partial charge in [-0.25, -0.2) is 9.18 Å². The summed E-state index contributed by atoms with van der Waals surface area (Å²) < 4.78 is 19.9. The summed E-state index contributed by atoms with van der Waals surface area (Å²) >= 11 is 6.28. The second-order valence-corrected chi connectivity index (χ2v) is 7.32. The number of amides is 1. The molecule has 0 unspecified atom stereocenters. The number of piperazine rings is 1. The van der Waals surface area contributed by atoms with E-state index in [1.54, 1.807) is 12.1 Å². The van der Waals surface area contributed by atoms with Crippen molar-refractivity contribution in [2.45, 2.75) is 6.10 Å². The average Bonchev–Trinajstić information content (AvgIpc) is 3.09. The fourth-order valence-electron chi connectivity index (χ4n) is 3.67. The number of benzene rings is 2. The molecule has 0 saturated carbocycles. The predicted molar refractivity (Wildman–Crippen MR) is 109 cm³/mol. The van der Waals surface area contributed by atoms with Gasteiger partial charge in [0.15, 0.2) is 0 Å². The number of nitrogens with two attached hydrogens (primary N) is 1. The van der Waals surface area contributed by atoms with Crippen LogP contribution in [0, 0.1) is 5.82 Å². The standard InChI is InChI=1S/C20H22ClFN4O2/c21-16-3-1-2-4-18(16)24-7-9-25(10-8-24)19-6-5-14(11-17(19)22)26-13-15(12-23)28-20(26)27/h1-6,11,15H,7-10,12-13,23H2/t15-/m0/s1. The van der Waals surface area contributed by atoms with Gasteiger partial charge >= 0.3 is 6.09 Å². The Morgan fingerprint density at radius 3 is 2.36 bits per heavy atom. The van der Waals surface area contributed by atoms with Crippen LogP contribution in [0.15, 0.2) is 42.5 Å². The van der Waals surface area contributed by atoms with E-state index < -0.39 is 6.09 Å². The van der Waals surface area contributed by atoms with E-state index in [0.717, 1.165) is 23.8 Å². The van der Waals surface area contributed by atoms with Crippen molar-refractivity contribution in [3.05, 3.63) is 53.3 Å². The minimum Gasteiger partial charge on any atom is -0.443 e. The van der Waals surface area contributed by atoms with Gasteiger partial charge in [-0.15, -0.1) is 0 Å². The molecule has 0 spiro atoms. The maximum Gasteiger partial charge on any atom is 0.414 e. The molecule has 2 aliphatic rings. The van der Waals surface area contributed by atoms with Gasteiger partial charge < -0.3 is 20.3 Å². The Morgan fingerprint density at radius 1 is 1.07 bits per heavy atom. The van der Waals surface area contributed by atoms with Crippen molar-refractivity contribution in [3.8, 4) is 0 Å². The van der Waals surface area contributed by atoms with E-state index in [0.29, 0.717) is 31.0 Å². The van der Waals surface area contributed by atoms with Crippen molar-refractivity contribution in [1.82, 2.24) is 0 Å². The SMILES string of the molecule is NC[C@H]1CN(c2ccc(N3CCN(c4ccccc4Cl)CC3)c(F)c2)C(=O)O1. The normalized spacial score (nSPS) is 19.9. The molecule has 8 heteroatoms. The first kappa shape index (κ1) is 18.8. The van der Waals surface area contributed by atoms with Gasteiger partial charge in [0.2, 0.25) is 0 Å². The van der Waals surface area contributed by atoms with Gasteiger partial charge in [-0.1, -0.05) is 23.7 Å². The number of anilines is 3. The van der Waals surface area contributed by atoms with Gasteiger partial charge in [-0.2, -0.15) is 0 Å². The van der Waals surface area contributed by atoms with Crippen LogP contribution in [0.2, 0.25) is 5.02 Å². The lowest BCUT2D eigenvalue weighted by Gasteiger charge is -2.37. The van der Waals surface area contributed by atoms with Gasteiger partial charge in [0.05, 0.1) is 28.6 Å². The zero-order chi connectivity index (χ0) is 19.7. The highest BCUT2D eigenvalue weighted by Gasteiger charge is 2.32. The smallest absolute Gasteiger partial charge is 0.414 e. The molecule has 2 heterocycles. The van der Waals surface area contributed by atoms with E-state index in [1.807, 2.05) is 29.2 Å². The average molecular weight is 405 g/mol. The zero-order valence-corrected chi connectivity index (χ0v) is 16.1. The lowest BCUT2D eigenvalue weighted by atomic mass is 10.2. The fraction of sp³-hybridized carbons (Fsp3) is 0.350. The monoisotopic (exact) mass is 404 g/mol. The second-order valence-electron chi connectivity index (χ2n) is 6.91. The molecule has 2 aromatic carbocycles. The molecular formula is C20H22ClFN4O2. The molecule has 0 radical (unpaired) electrons. The molecular weight excluding hydrogens is 383 g/mol. The highest BCUT2D eigenvalue weighted by Crippen LogP contribution is 2.30. The molecule has 2 N–H and O–H groups in total. The molecule has 148 valence electrons. The fourth-order valence-corrected chi connectivity index (χ4v) is 3.93. The summed E-state index contributed by atoms with van der Waals surface area (Å²) in [4.78, 5) is 17.6. The Hall–Kier alpha value is -2.51. The lowest BCUT2D eigenvalue weighted by molar-refractivity contribution is 0.145. The van der Waals surface area contributed by atoms with Crippen molar-refractivity contribution in [2.24, 2.45) is 5.73 Å². The van der Waals surface area contributed by atoms with E-state index >= 15 is 0 Å². The van der Waals surface area contributed by atoms with Gasteiger partial charge in [0, 0.05) is 32.7 Å². The van der Waals surface area contributed by atoms with Gasteiger partial charge in [-0.05, 0) is 30.3 Å². The zero-order valence-electron chi connectivity index (χ0n) is 15.4. The first-order chi connectivity index (χ1) is 13.6. The van der Waals surface area contributed by atoms with Crippen LogP contribution in [0.3, 0.4) is 0 Å². The molecule has 1 atom stereocenters. The van der Waals surface area contributed by atoms with E-state index in [4.69, 9.17) is 22.1 Å². The molecule has 4 rings (SSSR count). The van der Waals surface area contributed by atoms with Crippen LogP contribution in [-0.2, 0) is 4.74 Å². The number of halogens is 2. The van der Waals surface area contributed by atoms with Crippen LogP contribution in [0.1, 0.15) is 0 Å². The quantitative estimate of drug-likeness (QED) is 0.848. The molecule has 0 aromatic heterocycles. The minimum absolute atomic E-state index is 0.249. The van der Waals surface area contributed by atoms with Crippen LogP contribution in [0.4, 0.5) is 26.2 Å². The summed E-state index contributed by atoms with van der Waals surface area (Å²) in [6.07, 6.45) is -0.843. The van der Waals surface area contributed by atoms with E-state index in [-0.39, 0.29) is 18.5 Å². The number of carbonyl (C=O) groups is 1. The number of carbonyl (C=O) groups excluding carboxylic acids is 1. The van der Waals surface area contributed by atoms with Crippen molar-refractivity contribution < 1.29 is 13.9 Å². The Kier molecular flexibility index (Phi) is 5.28. The third-order valence-electron chi connectivity index (χ3n) is 5.19. The van der Waals surface area contributed by atoms with Crippen molar-refractivity contribution in [3.63, 3.8) is 0 Å². The molecule has 2 fully saturated rings. The summed E-state index contributed by atoms with van der Waals surface area (Å²) in [6.45, 7) is 3.46. The molecule has 2 saturated heterocycles. The van der Waals surface area contributed by atoms with Gasteiger partial charge in [0.1, 0.15) is 11.9 Å². The summed E-state index contributed by atoms with van der Waals surface area (Å²) in [5, 5.41) is 0.722. The van der Waals surface area contributed by atoms with Gasteiger partial charge in [0.25, 0.3) is 0 Å². The number of hydrogen-bond donors (Lipinski definition) is 1. The summed E-state index contributed by atoms with van der Waals surface area (Å²) in [6, 6.07) is 12.6. The highest BCUT2D eigenvalue weighted by atomic mass is 35.5. The summed E-state index contributed by atoms with van der Waals surface area (Å²) in [5.41, 5.74) is 7.57. The number of nitrogens with zero attached hydrogens (tertiary/aromatic N) is 3. The van der Waals surface area contributed by atoms with Crippen molar-refractivity contribution in [2.75, 3.05) is 54.0 Å². The maximum absolute atomic E-state index is 14.8. The Balaban J connectivity index is 1.45. The minimum atomic E-state index is -0.490. The predicted octanol–water partition coefficient (Wildman–Crippen LogP) is 3.09. The largest absolute Gasteiger partial charge is 0.443 e.